The van der Waals surface area contributed by atoms with Gasteiger partial charge in [-0.3, -0.25) is 10.1 Å². The fourth-order valence-corrected chi connectivity index (χ4v) is 3.29. The Balaban J connectivity index is 1.55. The number of carbonyl (C=O) groups is 1. The van der Waals surface area contributed by atoms with E-state index in [2.05, 4.69) is 20.6 Å². The normalized spacial score (nSPS) is 11.2. The fraction of sp³-hybridized carbons (Fsp3) is 0.115. The third kappa shape index (κ3) is 5.78. The summed E-state index contributed by atoms with van der Waals surface area (Å²) in [6, 6.07) is 23.8. The highest BCUT2D eigenvalue weighted by molar-refractivity contribution is 5.92. The summed E-state index contributed by atoms with van der Waals surface area (Å²) in [6.45, 7) is 1.74. The molecular weight excluding hydrogens is 441 g/mol. The molecule has 0 unspecified atom stereocenters. The van der Waals surface area contributed by atoms with Gasteiger partial charge in [-0.25, -0.2) is 9.97 Å². The number of amides is 1. The highest BCUT2D eigenvalue weighted by atomic mass is 19.4. The van der Waals surface area contributed by atoms with Crippen molar-refractivity contribution >= 4 is 17.5 Å². The summed E-state index contributed by atoms with van der Waals surface area (Å²) in [7, 11) is 0. The quantitative estimate of drug-likeness (QED) is 0.359. The molecule has 0 saturated heterocycles. The maximum absolute atomic E-state index is 12.9. The zero-order valence-corrected chi connectivity index (χ0v) is 18.2. The van der Waals surface area contributed by atoms with Gasteiger partial charge in [-0.2, -0.15) is 13.2 Å². The third-order valence-electron chi connectivity index (χ3n) is 5.04. The molecule has 34 heavy (non-hydrogen) atoms. The molecule has 0 atom stereocenters. The van der Waals surface area contributed by atoms with Crippen molar-refractivity contribution in [3.63, 3.8) is 0 Å². The van der Waals surface area contributed by atoms with Crippen molar-refractivity contribution in [3.8, 4) is 22.5 Å². The molecule has 0 spiro atoms. The summed E-state index contributed by atoms with van der Waals surface area (Å²) < 4.78 is 38.7. The van der Waals surface area contributed by atoms with Crippen LogP contribution in [0.15, 0.2) is 84.9 Å². The van der Waals surface area contributed by atoms with Crippen LogP contribution in [-0.2, 0) is 11.0 Å². The average Bonchev–Trinajstić information content (AvgIpc) is 2.83. The van der Waals surface area contributed by atoms with Crippen LogP contribution in [0.5, 0.6) is 0 Å². The van der Waals surface area contributed by atoms with Crippen molar-refractivity contribution in [1.82, 2.24) is 9.97 Å². The van der Waals surface area contributed by atoms with Gasteiger partial charge in [0.1, 0.15) is 0 Å². The summed E-state index contributed by atoms with van der Waals surface area (Å²) in [5.41, 5.74) is 3.49. The van der Waals surface area contributed by atoms with Gasteiger partial charge >= 0.3 is 6.18 Å². The number of nitrogens with zero attached hydrogens (tertiary/aromatic N) is 2. The highest BCUT2D eigenvalue weighted by Crippen LogP contribution is 2.30. The number of carbonyl (C=O) groups excluding carboxylic acids is 1. The minimum absolute atomic E-state index is 0.104. The molecular formula is C26H21F3N4O. The zero-order valence-electron chi connectivity index (χ0n) is 18.2. The van der Waals surface area contributed by atoms with Crippen LogP contribution in [0.2, 0.25) is 0 Å². The number of hydrogen-bond acceptors (Lipinski definition) is 4. The lowest BCUT2D eigenvalue weighted by molar-refractivity contribution is -0.137. The maximum atomic E-state index is 12.9. The Morgan fingerprint density at radius 2 is 1.47 bits per heavy atom. The summed E-state index contributed by atoms with van der Waals surface area (Å²) in [4.78, 5) is 21.5. The summed E-state index contributed by atoms with van der Waals surface area (Å²) >= 11 is 0. The van der Waals surface area contributed by atoms with Gasteiger partial charge in [0, 0.05) is 16.8 Å². The van der Waals surface area contributed by atoms with E-state index in [0.29, 0.717) is 11.4 Å². The minimum atomic E-state index is -4.46. The molecule has 2 N–H and O–H groups in total. The lowest BCUT2D eigenvalue weighted by Crippen LogP contribution is -2.23. The van der Waals surface area contributed by atoms with Crippen molar-refractivity contribution in [2.24, 2.45) is 0 Å². The van der Waals surface area contributed by atoms with Crippen LogP contribution in [-0.4, -0.2) is 22.4 Å². The molecule has 0 bridgehead atoms. The molecule has 1 amide bonds. The van der Waals surface area contributed by atoms with Gasteiger partial charge < -0.3 is 5.32 Å². The number of rotatable bonds is 6. The largest absolute Gasteiger partial charge is 0.416 e. The second-order valence-electron chi connectivity index (χ2n) is 7.67. The first-order chi connectivity index (χ1) is 16.3. The Bertz CT molecular complexity index is 1290. The Morgan fingerprint density at radius 1 is 0.824 bits per heavy atom. The molecule has 8 heteroatoms. The molecule has 172 valence electrons. The summed E-state index contributed by atoms with van der Waals surface area (Å²) in [6.07, 6.45) is -4.46. The molecule has 3 aromatic carbocycles. The number of aryl methyl sites for hydroxylation is 1. The SMILES string of the molecule is Cc1ccc(-c2cc(-c3ccccc3)nc(NC(=O)CNc3cccc(C(F)(F)F)c3)n2)cc1. The van der Waals surface area contributed by atoms with Crippen LogP contribution < -0.4 is 10.6 Å². The van der Waals surface area contributed by atoms with Gasteiger partial charge in [-0.1, -0.05) is 66.2 Å². The summed E-state index contributed by atoms with van der Waals surface area (Å²) in [5.74, 6) is -0.384. The van der Waals surface area contributed by atoms with Gasteiger partial charge in [-0.05, 0) is 31.2 Å². The van der Waals surface area contributed by atoms with E-state index in [1.54, 1.807) is 0 Å². The van der Waals surface area contributed by atoms with Crippen molar-refractivity contribution < 1.29 is 18.0 Å². The second kappa shape index (κ2) is 9.74. The Hall–Kier alpha value is -4.20. The summed E-state index contributed by atoms with van der Waals surface area (Å²) in [5, 5.41) is 5.35. The van der Waals surface area contributed by atoms with E-state index < -0.39 is 17.6 Å². The molecule has 0 saturated carbocycles. The van der Waals surface area contributed by atoms with Crippen LogP contribution in [0, 0.1) is 6.92 Å². The maximum Gasteiger partial charge on any atom is 0.416 e. The van der Waals surface area contributed by atoms with Crippen molar-refractivity contribution in [3.05, 3.63) is 96.1 Å². The molecule has 0 aliphatic carbocycles. The van der Waals surface area contributed by atoms with Gasteiger partial charge in [0.2, 0.25) is 11.9 Å². The zero-order chi connectivity index (χ0) is 24.1. The van der Waals surface area contributed by atoms with Crippen molar-refractivity contribution in [2.75, 3.05) is 17.2 Å². The van der Waals surface area contributed by atoms with Crippen molar-refractivity contribution in [2.45, 2.75) is 13.1 Å². The molecule has 0 radical (unpaired) electrons. The van der Waals surface area contributed by atoms with Crippen LogP contribution in [0.25, 0.3) is 22.5 Å². The Kier molecular flexibility index (Phi) is 6.58. The third-order valence-corrected chi connectivity index (χ3v) is 5.04. The number of anilines is 2. The Labute approximate surface area is 194 Å². The van der Waals surface area contributed by atoms with Gasteiger partial charge in [0.25, 0.3) is 0 Å². The van der Waals surface area contributed by atoms with E-state index in [1.807, 2.05) is 67.6 Å². The lowest BCUT2D eigenvalue weighted by Gasteiger charge is -2.12. The van der Waals surface area contributed by atoms with E-state index in [-0.39, 0.29) is 18.2 Å². The van der Waals surface area contributed by atoms with Crippen LogP contribution >= 0.6 is 0 Å². The van der Waals surface area contributed by atoms with Crippen LogP contribution in [0.1, 0.15) is 11.1 Å². The van der Waals surface area contributed by atoms with Crippen LogP contribution in [0.3, 0.4) is 0 Å². The number of nitrogens with one attached hydrogen (secondary N) is 2. The first kappa shape index (κ1) is 23.0. The number of halogens is 3. The second-order valence-corrected chi connectivity index (χ2v) is 7.67. The lowest BCUT2D eigenvalue weighted by atomic mass is 10.1. The monoisotopic (exact) mass is 462 g/mol. The molecule has 5 nitrogen and oxygen atoms in total. The minimum Gasteiger partial charge on any atom is -0.376 e. The molecule has 1 heterocycles. The van der Waals surface area contributed by atoms with Gasteiger partial charge in [-0.15, -0.1) is 0 Å². The number of hydrogen-bond donors (Lipinski definition) is 2. The first-order valence-corrected chi connectivity index (χ1v) is 10.5. The standard InChI is InChI=1S/C26H21F3N4O/c1-17-10-12-19(13-11-17)23-15-22(18-6-3-2-4-7-18)31-25(32-23)33-24(34)16-30-21-9-5-8-20(14-21)26(27,28)29/h2-15,30H,16H2,1H3,(H,31,32,33,34). The smallest absolute Gasteiger partial charge is 0.376 e. The average molecular weight is 462 g/mol. The highest BCUT2D eigenvalue weighted by Gasteiger charge is 2.30. The van der Waals surface area contributed by atoms with E-state index in [4.69, 9.17) is 0 Å². The predicted molar refractivity (Wildman–Crippen MR) is 126 cm³/mol. The van der Waals surface area contributed by atoms with Gasteiger partial charge in [0.05, 0.1) is 23.5 Å². The Morgan fingerprint density at radius 3 is 2.12 bits per heavy atom. The molecule has 1 aromatic heterocycles. The molecule has 4 rings (SSSR count). The molecule has 0 aliphatic rings. The van der Waals surface area contributed by atoms with Crippen LogP contribution in [0.4, 0.5) is 24.8 Å². The molecule has 4 aromatic rings. The first-order valence-electron chi connectivity index (χ1n) is 10.5. The molecule has 0 aliphatic heterocycles. The van der Waals surface area contributed by atoms with E-state index >= 15 is 0 Å². The number of aromatic nitrogens is 2. The predicted octanol–water partition coefficient (Wildman–Crippen LogP) is 6.19. The van der Waals surface area contributed by atoms with E-state index in [1.165, 1.54) is 12.1 Å². The van der Waals surface area contributed by atoms with E-state index in [0.717, 1.165) is 28.8 Å². The van der Waals surface area contributed by atoms with E-state index in [9.17, 15) is 18.0 Å². The van der Waals surface area contributed by atoms with Crippen molar-refractivity contribution in [1.29, 1.82) is 0 Å². The van der Waals surface area contributed by atoms with Gasteiger partial charge in [0.15, 0.2) is 0 Å². The molecule has 0 fully saturated rings. The number of benzene rings is 3. The number of alkyl halides is 3. The topological polar surface area (TPSA) is 66.9 Å². The fourth-order valence-electron chi connectivity index (χ4n) is 3.29.